The van der Waals surface area contributed by atoms with E-state index in [0.717, 1.165) is 12.0 Å². The fourth-order valence-corrected chi connectivity index (χ4v) is 2.13. The summed E-state index contributed by atoms with van der Waals surface area (Å²) in [6, 6.07) is 7.82. The van der Waals surface area contributed by atoms with E-state index in [1.807, 2.05) is 24.3 Å². The van der Waals surface area contributed by atoms with Gasteiger partial charge < -0.3 is 10.8 Å². The highest BCUT2D eigenvalue weighted by Crippen LogP contribution is 2.35. The topological polar surface area (TPSA) is 63.3 Å². The number of fused-ring (bicyclic) bond motifs is 1. The quantitative estimate of drug-likeness (QED) is 0.741. The summed E-state index contributed by atoms with van der Waals surface area (Å²) in [6.07, 6.45) is 0.958. The van der Waals surface area contributed by atoms with Crippen LogP contribution in [0.4, 0.5) is 0 Å². The van der Waals surface area contributed by atoms with E-state index < -0.39 is 5.97 Å². The summed E-state index contributed by atoms with van der Waals surface area (Å²) in [5, 5.41) is 8.72. The number of aliphatic carboxylic acids is 1. The van der Waals surface area contributed by atoms with Crippen molar-refractivity contribution < 1.29 is 9.90 Å². The third-order valence-corrected chi connectivity index (χ3v) is 2.84. The van der Waals surface area contributed by atoms with Crippen LogP contribution in [0.2, 0.25) is 0 Å². The third kappa shape index (κ3) is 1.51. The van der Waals surface area contributed by atoms with Gasteiger partial charge in [-0.1, -0.05) is 24.3 Å². The Kier molecular flexibility index (Phi) is 2.25. The van der Waals surface area contributed by atoms with Gasteiger partial charge in [0, 0.05) is 6.04 Å². The van der Waals surface area contributed by atoms with E-state index in [1.54, 1.807) is 0 Å². The molecule has 1 aliphatic carbocycles. The monoisotopic (exact) mass is 191 g/mol. The lowest BCUT2D eigenvalue weighted by Crippen LogP contribution is -2.19. The van der Waals surface area contributed by atoms with Crippen molar-refractivity contribution in [1.82, 2.24) is 0 Å². The molecule has 0 fully saturated rings. The van der Waals surface area contributed by atoms with Crippen molar-refractivity contribution in [3.63, 3.8) is 0 Å². The minimum absolute atomic E-state index is 0.0601. The van der Waals surface area contributed by atoms with Crippen molar-refractivity contribution in [3.8, 4) is 0 Å². The summed E-state index contributed by atoms with van der Waals surface area (Å²) in [7, 11) is 0. The average molecular weight is 191 g/mol. The van der Waals surface area contributed by atoms with Crippen molar-refractivity contribution in [3.05, 3.63) is 35.4 Å². The van der Waals surface area contributed by atoms with Gasteiger partial charge in [-0.05, 0) is 23.5 Å². The number of hydrogen-bond acceptors (Lipinski definition) is 2. The maximum atomic E-state index is 10.6. The van der Waals surface area contributed by atoms with Crippen LogP contribution in [-0.4, -0.2) is 11.1 Å². The predicted molar refractivity (Wildman–Crippen MR) is 52.8 cm³/mol. The Bertz CT molecular complexity index is 362. The van der Waals surface area contributed by atoms with E-state index in [4.69, 9.17) is 10.8 Å². The maximum Gasteiger partial charge on any atom is 0.303 e. The normalized spacial score (nSPS) is 24.6. The Morgan fingerprint density at radius 1 is 1.50 bits per heavy atom. The zero-order chi connectivity index (χ0) is 10.1. The molecule has 0 aliphatic heterocycles. The standard InChI is InChI=1S/C11H13NO2/c12-11-8(6-10(13)14)5-7-3-1-2-4-9(7)11/h1-4,8,11H,5-6,12H2,(H,13,14)/t8?,11-/m1/s1. The van der Waals surface area contributed by atoms with Gasteiger partial charge >= 0.3 is 5.97 Å². The van der Waals surface area contributed by atoms with Crippen molar-refractivity contribution in [2.24, 2.45) is 11.7 Å². The van der Waals surface area contributed by atoms with Crippen molar-refractivity contribution in [2.75, 3.05) is 0 Å². The molecule has 1 aromatic carbocycles. The van der Waals surface area contributed by atoms with Crippen LogP contribution in [-0.2, 0) is 11.2 Å². The van der Waals surface area contributed by atoms with Crippen molar-refractivity contribution in [2.45, 2.75) is 18.9 Å². The first-order valence-corrected chi connectivity index (χ1v) is 4.73. The van der Waals surface area contributed by atoms with Crippen LogP contribution < -0.4 is 5.73 Å². The Hall–Kier alpha value is -1.35. The Morgan fingerprint density at radius 2 is 2.21 bits per heavy atom. The fraction of sp³-hybridized carbons (Fsp3) is 0.364. The van der Waals surface area contributed by atoms with E-state index in [-0.39, 0.29) is 18.4 Å². The lowest BCUT2D eigenvalue weighted by molar-refractivity contribution is -0.138. The zero-order valence-electron chi connectivity index (χ0n) is 7.81. The molecule has 74 valence electrons. The summed E-state index contributed by atoms with van der Waals surface area (Å²) in [5.41, 5.74) is 8.29. The summed E-state index contributed by atoms with van der Waals surface area (Å²) < 4.78 is 0. The first-order valence-electron chi connectivity index (χ1n) is 4.73. The van der Waals surface area contributed by atoms with E-state index in [9.17, 15) is 4.79 Å². The molecule has 0 saturated heterocycles. The molecule has 0 aromatic heterocycles. The molecule has 2 rings (SSSR count). The van der Waals surface area contributed by atoms with Gasteiger partial charge in [-0.3, -0.25) is 4.79 Å². The zero-order valence-corrected chi connectivity index (χ0v) is 7.81. The lowest BCUT2D eigenvalue weighted by atomic mass is 9.98. The highest BCUT2D eigenvalue weighted by atomic mass is 16.4. The number of nitrogens with two attached hydrogens (primary N) is 1. The molecule has 1 unspecified atom stereocenters. The molecule has 0 heterocycles. The average Bonchev–Trinajstić information content (AvgIpc) is 2.44. The summed E-state index contributed by atoms with van der Waals surface area (Å²) in [5.74, 6) is -0.705. The van der Waals surface area contributed by atoms with Gasteiger partial charge in [0.05, 0.1) is 6.42 Å². The molecule has 14 heavy (non-hydrogen) atoms. The molecule has 1 aliphatic rings. The van der Waals surface area contributed by atoms with Crippen LogP contribution in [0.1, 0.15) is 23.6 Å². The smallest absolute Gasteiger partial charge is 0.303 e. The van der Waals surface area contributed by atoms with E-state index in [1.165, 1.54) is 5.56 Å². The first kappa shape index (κ1) is 9.21. The second-order valence-electron chi connectivity index (χ2n) is 3.79. The molecule has 3 nitrogen and oxygen atoms in total. The molecule has 3 heteroatoms. The van der Waals surface area contributed by atoms with Crippen molar-refractivity contribution >= 4 is 5.97 Å². The number of hydrogen-bond donors (Lipinski definition) is 2. The molecule has 0 radical (unpaired) electrons. The number of benzene rings is 1. The fourth-order valence-electron chi connectivity index (χ4n) is 2.13. The Labute approximate surface area is 82.5 Å². The van der Waals surface area contributed by atoms with E-state index in [0.29, 0.717) is 0 Å². The van der Waals surface area contributed by atoms with Crippen LogP contribution in [0.5, 0.6) is 0 Å². The first-order chi connectivity index (χ1) is 6.68. The summed E-state index contributed by atoms with van der Waals surface area (Å²) in [4.78, 5) is 10.6. The van der Waals surface area contributed by atoms with E-state index >= 15 is 0 Å². The Balaban J connectivity index is 2.21. The minimum Gasteiger partial charge on any atom is -0.481 e. The van der Waals surface area contributed by atoms with Crippen LogP contribution in [0.25, 0.3) is 0 Å². The second-order valence-corrected chi connectivity index (χ2v) is 3.79. The van der Waals surface area contributed by atoms with Crippen LogP contribution in [0.3, 0.4) is 0 Å². The molecule has 1 aromatic rings. The molecular weight excluding hydrogens is 178 g/mol. The maximum absolute atomic E-state index is 10.6. The van der Waals surface area contributed by atoms with Crippen molar-refractivity contribution in [1.29, 1.82) is 0 Å². The molecule has 3 N–H and O–H groups in total. The van der Waals surface area contributed by atoms with Gasteiger partial charge in [-0.15, -0.1) is 0 Å². The minimum atomic E-state index is -0.766. The molecular formula is C11H13NO2. The van der Waals surface area contributed by atoms with Crippen LogP contribution in [0, 0.1) is 5.92 Å². The van der Waals surface area contributed by atoms with Gasteiger partial charge in [-0.2, -0.15) is 0 Å². The number of carboxylic acid groups (broad SMARTS) is 1. The highest BCUT2D eigenvalue weighted by molar-refractivity contribution is 5.67. The summed E-state index contributed by atoms with van der Waals surface area (Å²) in [6.45, 7) is 0. The lowest BCUT2D eigenvalue weighted by Gasteiger charge is -2.12. The van der Waals surface area contributed by atoms with Gasteiger partial charge in [0.15, 0.2) is 0 Å². The predicted octanol–water partition coefficient (Wildman–Crippen LogP) is 1.33. The van der Waals surface area contributed by atoms with Gasteiger partial charge in [-0.25, -0.2) is 0 Å². The van der Waals surface area contributed by atoms with E-state index in [2.05, 4.69) is 0 Å². The molecule has 2 atom stereocenters. The molecule has 0 bridgehead atoms. The molecule has 0 amide bonds. The third-order valence-electron chi connectivity index (χ3n) is 2.84. The SMILES string of the molecule is N[C@H]1c2ccccc2CC1CC(=O)O. The summed E-state index contributed by atoms with van der Waals surface area (Å²) >= 11 is 0. The van der Waals surface area contributed by atoms with Crippen LogP contribution >= 0.6 is 0 Å². The molecule has 0 saturated carbocycles. The van der Waals surface area contributed by atoms with Crippen LogP contribution in [0.15, 0.2) is 24.3 Å². The van der Waals surface area contributed by atoms with Gasteiger partial charge in [0.2, 0.25) is 0 Å². The number of rotatable bonds is 2. The van der Waals surface area contributed by atoms with Gasteiger partial charge in [0.25, 0.3) is 0 Å². The Morgan fingerprint density at radius 3 is 2.86 bits per heavy atom. The van der Waals surface area contributed by atoms with Gasteiger partial charge in [0.1, 0.15) is 0 Å². The number of carbonyl (C=O) groups is 1. The number of carboxylic acids is 1. The molecule has 0 spiro atoms. The second kappa shape index (κ2) is 3.42. The highest BCUT2D eigenvalue weighted by Gasteiger charge is 2.30. The largest absolute Gasteiger partial charge is 0.481 e.